The minimum Gasteiger partial charge on any atom is -0.384 e. The van der Waals surface area contributed by atoms with Gasteiger partial charge in [0.15, 0.2) is 6.29 Å². The number of nitrogens with zero attached hydrogens (tertiary/aromatic N) is 1. The largest absolute Gasteiger partial charge is 0.384 e. The van der Waals surface area contributed by atoms with Gasteiger partial charge in [-0.1, -0.05) is 18.2 Å². The Bertz CT molecular complexity index is 797. The van der Waals surface area contributed by atoms with E-state index < -0.39 is 5.56 Å². The van der Waals surface area contributed by atoms with E-state index in [9.17, 15) is 14.4 Å². The number of amides is 1. The highest BCUT2D eigenvalue weighted by molar-refractivity contribution is 5.99. The molecule has 2 aromatic rings. The van der Waals surface area contributed by atoms with Gasteiger partial charge >= 0.3 is 0 Å². The molecule has 1 aliphatic heterocycles. The molecular formula is C17H19N3O3. The number of para-hydroxylation sites is 1. The van der Waals surface area contributed by atoms with E-state index in [0.717, 1.165) is 24.8 Å². The molecule has 1 aromatic heterocycles. The minimum absolute atomic E-state index is 0.112. The van der Waals surface area contributed by atoms with Gasteiger partial charge in [0, 0.05) is 31.4 Å². The van der Waals surface area contributed by atoms with E-state index in [-0.39, 0.29) is 11.5 Å². The van der Waals surface area contributed by atoms with Crippen LogP contribution in [0.4, 0.5) is 5.69 Å². The van der Waals surface area contributed by atoms with Crippen molar-refractivity contribution in [3.8, 4) is 0 Å². The van der Waals surface area contributed by atoms with E-state index in [4.69, 9.17) is 0 Å². The van der Waals surface area contributed by atoms with Crippen molar-refractivity contribution in [3.05, 3.63) is 40.2 Å². The summed E-state index contributed by atoms with van der Waals surface area (Å²) in [5.41, 5.74) is 0.976. The molecule has 2 heterocycles. The molecule has 0 radical (unpaired) electrons. The Morgan fingerprint density at radius 3 is 2.83 bits per heavy atom. The van der Waals surface area contributed by atoms with Crippen molar-refractivity contribution in [3.63, 3.8) is 0 Å². The Hall–Kier alpha value is -2.63. The van der Waals surface area contributed by atoms with E-state index in [1.54, 1.807) is 6.07 Å². The molecule has 0 unspecified atom stereocenters. The number of aromatic nitrogens is 1. The number of H-pyrrole nitrogens is 1. The van der Waals surface area contributed by atoms with Gasteiger partial charge in [-0.2, -0.15) is 0 Å². The number of fused-ring (bicyclic) bond motifs is 1. The zero-order chi connectivity index (χ0) is 16.2. The molecule has 120 valence electrons. The molecule has 1 saturated heterocycles. The van der Waals surface area contributed by atoms with Crippen LogP contribution in [0.5, 0.6) is 0 Å². The summed E-state index contributed by atoms with van der Waals surface area (Å²) >= 11 is 0. The van der Waals surface area contributed by atoms with Crippen LogP contribution >= 0.6 is 0 Å². The van der Waals surface area contributed by atoms with Crippen LogP contribution in [-0.4, -0.2) is 41.7 Å². The monoisotopic (exact) mass is 313 g/mol. The summed E-state index contributed by atoms with van der Waals surface area (Å²) < 4.78 is 0. The van der Waals surface area contributed by atoms with Crippen LogP contribution in [0.2, 0.25) is 0 Å². The second kappa shape index (κ2) is 6.64. The van der Waals surface area contributed by atoms with E-state index >= 15 is 0 Å². The van der Waals surface area contributed by atoms with E-state index in [0.29, 0.717) is 37.0 Å². The molecule has 6 heteroatoms. The predicted molar refractivity (Wildman–Crippen MR) is 88.9 cm³/mol. The Morgan fingerprint density at radius 1 is 1.26 bits per heavy atom. The first-order valence-corrected chi connectivity index (χ1v) is 7.82. The van der Waals surface area contributed by atoms with Crippen LogP contribution in [0.1, 0.15) is 29.6 Å². The first-order valence-electron chi connectivity index (χ1n) is 7.82. The normalized spacial score (nSPS) is 14.4. The first-order chi connectivity index (χ1) is 11.2. The van der Waals surface area contributed by atoms with Gasteiger partial charge in [0.25, 0.3) is 5.56 Å². The Morgan fingerprint density at radius 2 is 2.09 bits per heavy atom. The van der Waals surface area contributed by atoms with Gasteiger partial charge in [0.2, 0.25) is 5.91 Å². The average molecular weight is 313 g/mol. The fraction of sp³-hybridized carbons (Fsp3) is 0.353. The second-order valence-corrected chi connectivity index (χ2v) is 5.67. The number of hydrogen-bond acceptors (Lipinski definition) is 4. The molecule has 0 aliphatic carbocycles. The summed E-state index contributed by atoms with van der Waals surface area (Å²) in [6, 6.07) is 7.37. The van der Waals surface area contributed by atoms with Crippen molar-refractivity contribution in [2.45, 2.75) is 19.3 Å². The van der Waals surface area contributed by atoms with Gasteiger partial charge in [0.1, 0.15) is 5.56 Å². The number of anilines is 1. The quantitative estimate of drug-likeness (QED) is 0.629. The molecule has 23 heavy (non-hydrogen) atoms. The number of hydrogen-bond donors (Lipinski definition) is 2. The highest BCUT2D eigenvalue weighted by Crippen LogP contribution is 2.22. The number of rotatable bonds is 6. The molecule has 0 bridgehead atoms. The van der Waals surface area contributed by atoms with Crippen molar-refractivity contribution in [1.82, 2.24) is 9.88 Å². The fourth-order valence-corrected chi connectivity index (χ4v) is 2.99. The number of nitrogens with one attached hydrogen (secondary N) is 2. The smallest absolute Gasteiger partial charge is 0.261 e. The predicted octanol–water partition coefficient (Wildman–Crippen LogP) is 1.76. The Kier molecular flexibility index (Phi) is 4.41. The maximum Gasteiger partial charge on any atom is 0.261 e. The summed E-state index contributed by atoms with van der Waals surface area (Å²) in [4.78, 5) is 39.4. The van der Waals surface area contributed by atoms with Gasteiger partial charge < -0.3 is 15.2 Å². The van der Waals surface area contributed by atoms with Gasteiger partial charge in [-0.25, -0.2) is 0 Å². The molecule has 3 rings (SSSR count). The summed E-state index contributed by atoms with van der Waals surface area (Å²) in [6.07, 6.45) is 2.92. The van der Waals surface area contributed by atoms with Crippen LogP contribution < -0.4 is 10.9 Å². The minimum atomic E-state index is -0.393. The lowest BCUT2D eigenvalue weighted by atomic mass is 10.1. The van der Waals surface area contributed by atoms with Crippen LogP contribution in [0.25, 0.3) is 10.9 Å². The molecule has 1 aromatic carbocycles. The van der Waals surface area contributed by atoms with Crippen molar-refractivity contribution < 1.29 is 9.59 Å². The third-order valence-corrected chi connectivity index (χ3v) is 4.15. The number of aromatic amines is 1. The molecule has 1 amide bonds. The topological polar surface area (TPSA) is 82.3 Å². The molecule has 1 fully saturated rings. The van der Waals surface area contributed by atoms with Gasteiger partial charge in [-0.3, -0.25) is 14.4 Å². The highest BCUT2D eigenvalue weighted by atomic mass is 16.2. The summed E-state index contributed by atoms with van der Waals surface area (Å²) in [6.45, 7) is 2.12. The first kappa shape index (κ1) is 15.3. The maximum absolute atomic E-state index is 12.0. The van der Waals surface area contributed by atoms with Gasteiger partial charge in [-0.15, -0.1) is 0 Å². The summed E-state index contributed by atoms with van der Waals surface area (Å²) in [7, 11) is 0. The van der Waals surface area contributed by atoms with Crippen LogP contribution in [0, 0.1) is 0 Å². The fourth-order valence-electron chi connectivity index (χ4n) is 2.99. The van der Waals surface area contributed by atoms with Gasteiger partial charge in [0.05, 0.1) is 11.2 Å². The summed E-state index contributed by atoms with van der Waals surface area (Å²) in [5.74, 6) is 0.209. The van der Waals surface area contributed by atoms with E-state index in [1.165, 1.54) is 0 Å². The lowest BCUT2D eigenvalue weighted by Gasteiger charge is -2.16. The summed E-state index contributed by atoms with van der Waals surface area (Å²) in [5, 5.41) is 4.01. The average Bonchev–Trinajstić information content (AvgIpc) is 2.96. The molecule has 0 saturated carbocycles. The lowest BCUT2D eigenvalue weighted by Crippen LogP contribution is -2.27. The third-order valence-electron chi connectivity index (χ3n) is 4.15. The van der Waals surface area contributed by atoms with Crippen molar-refractivity contribution in [2.75, 3.05) is 25.0 Å². The molecule has 1 aliphatic rings. The van der Waals surface area contributed by atoms with Crippen LogP contribution in [0.3, 0.4) is 0 Å². The second-order valence-electron chi connectivity index (χ2n) is 5.67. The lowest BCUT2D eigenvalue weighted by molar-refractivity contribution is -0.127. The molecule has 0 spiro atoms. The molecule has 2 N–H and O–H groups in total. The Balaban J connectivity index is 1.75. The molecule has 6 nitrogen and oxygen atoms in total. The van der Waals surface area contributed by atoms with Gasteiger partial charge in [-0.05, 0) is 18.9 Å². The van der Waals surface area contributed by atoms with Crippen molar-refractivity contribution >= 4 is 28.8 Å². The van der Waals surface area contributed by atoms with Crippen molar-refractivity contribution in [1.29, 1.82) is 0 Å². The van der Waals surface area contributed by atoms with E-state index in [2.05, 4.69) is 10.3 Å². The van der Waals surface area contributed by atoms with Crippen molar-refractivity contribution in [2.24, 2.45) is 0 Å². The SMILES string of the molecule is O=Cc1c(NCCCN2CCCC2=O)c2ccccc2[nH]c1=O. The van der Waals surface area contributed by atoms with Crippen LogP contribution in [0.15, 0.2) is 29.1 Å². The zero-order valence-corrected chi connectivity index (χ0v) is 12.8. The molecule has 0 atom stereocenters. The van der Waals surface area contributed by atoms with E-state index in [1.807, 2.05) is 23.1 Å². The Labute approximate surface area is 133 Å². The van der Waals surface area contributed by atoms with Crippen LogP contribution in [-0.2, 0) is 4.79 Å². The number of likely N-dealkylation sites (tertiary alicyclic amines) is 1. The zero-order valence-electron chi connectivity index (χ0n) is 12.8. The standard InChI is InChI=1S/C17H19N3O3/c21-11-13-16(12-5-1-2-6-14(12)19-17(13)23)18-8-4-10-20-9-3-7-15(20)22/h1-2,5-6,11H,3-4,7-10H2,(H2,18,19,23). The number of carbonyl (C=O) groups excluding carboxylic acids is 2. The number of aldehydes is 1. The third kappa shape index (κ3) is 3.11. The number of pyridine rings is 1. The number of carbonyl (C=O) groups is 2. The highest BCUT2D eigenvalue weighted by Gasteiger charge is 2.19. The number of benzene rings is 1. The maximum atomic E-state index is 12.0. The molecular weight excluding hydrogens is 294 g/mol.